The van der Waals surface area contributed by atoms with Gasteiger partial charge in [-0.25, -0.2) is 18.0 Å². The van der Waals surface area contributed by atoms with Crippen molar-refractivity contribution in [2.24, 2.45) is 0 Å². The molecule has 9 nitrogen and oxygen atoms in total. The molecule has 4 aromatic rings. The van der Waals surface area contributed by atoms with Crippen molar-refractivity contribution < 1.29 is 22.4 Å². The van der Waals surface area contributed by atoms with Crippen molar-refractivity contribution in [1.29, 1.82) is 0 Å². The summed E-state index contributed by atoms with van der Waals surface area (Å²) in [5.41, 5.74) is 2.47. The second-order valence-corrected chi connectivity index (χ2v) is 12.1. The number of amides is 1. The molecule has 0 saturated carbocycles. The highest BCUT2D eigenvalue weighted by Gasteiger charge is 2.37. The monoisotopic (exact) mass is 603 g/mol. The lowest BCUT2D eigenvalue weighted by Crippen LogP contribution is -2.50. The number of sulfonamides is 1. The van der Waals surface area contributed by atoms with E-state index in [-0.39, 0.29) is 18.7 Å². The summed E-state index contributed by atoms with van der Waals surface area (Å²) in [6, 6.07) is 14.6. The molecule has 0 atom stereocenters. The Morgan fingerprint density at radius 3 is 2.59 bits per heavy atom. The van der Waals surface area contributed by atoms with Crippen LogP contribution in [0.15, 0.2) is 84.1 Å². The van der Waals surface area contributed by atoms with Gasteiger partial charge in [-0.15, -0.1) is 0 Å². The molecule has 2 aliphatic heterocycles. The van der Waals surface area contributed by atoms with Crippen molar-refractivity contribution in [3.05, 3.63) is 86.1 Å². The van der Waals surface area contributed by atoms with Gasteiger partial charge in [0.2, 0.25) is 10.0 Å². The Morgan fingerprint density at radius 2 is 1.84 bits per heavy atom. The van der Waals surface area contributed by atoms with Crippen LogP contribution in [-0.2, 0) is 21.4 Å². The van der Waals surface area contributed by atoms with Gasteiger partial charge in [0.15, 0.2) is 0 Å². The van der Waals surface area contributed by atoms with Crippen LogP contribution in [0.5, 0.6) is 0 Å². The minimum absolute atomic E-state index is 0.0725. The van der Waals surface area contributed by atoms with Crippen molar-refractivity contribution in [1.82, 2.24) is 9.29 Å². The predicted molar refractivity (Wildman–Crippen MR) is 143 cm³/mol. The summed E-state index contributed by atoms with van der Waals surface area (Å²) in [5, 5.41) is 4.25. The molecule has 37 heavy (non-hydrogen) atoms. The van der Waals surface area contributed by atoms with Gasteiger partial charge in [0.1, 0.15) is 12.9 Å². The van der Waals surface area contributed by atoms with E-state index in [1.165, 1.54) is 21.9 Å². The Hall–Kier alpha value is -3.06. The van der Waals surface area contributed by atoms with Gasteiger partial charge in [0.05, 0.1) is 16.1 Å². The Kier molecular flexibility index (Phi) is 7.43. The van der Waals surface area contributed by atoms with Crippen LogP contribution in [0.3, 0.4) is 0 Å². The van der Waals surface area contributed by atoms with Crippen LogP contribution >= 0.6 is 27.3 Å². The average Bonchev–Trinajstić information content (AvgIpc) is 3.45. The van der Waals surface area contributed by atoms with Crippen molar-refractivity contribution in [2.75, 3.05) is 18.0 Å². The second kappa shape index (κ2) is 10.7. The summed E-state index contributed by atoms with van der Waals surface area (Å²) >= 11 is 4.81. The number of carbonyl (C=O) groups excluding carboxylic acids is 1. The number of hydrogen-bond donors (Lipinski definition) is 0. The number of carbonyl (C=O) groups is 1. The lowest BCUT2D eigenvalue weighted by atomic mass is 10.0. The third-order valence-corrected chi connectivity index (χ3v) is 9.43. The number of nitrogens with zero attached hydrogens (tertiary/aromatic N) is 3. The fourth-order valence-corrected chi connectivity index (χ4v) is 7.27. The standard InChI is InChI=1S/C17H17BrN2O4S2.C8H5NO2/c18-13-1-2-16-12(9-13)10-24-17(21)20(16)14-3-6-19(7-4-14)26(22,23)15-5-8-25-11-15;10-8-9-7-4-2-1-3-6(7)5-11-8/h1-2,5,8-9,11,14H,3-4,6-7,10H2;1-5H. The van der Waals surface area contributed by atoms with Gasteiger partial charge in [-0.3, -0.25) is 4.90 Å². The Morgan fingerprint density at radius 1 is 1.05 bits per heavy atom. The van der Waals surface area contributed by atoms with Crippen molar-refractivity contribution >= 4 is 60.0 Å². The van der Waals surface area contributed by atoms with Crippen LogP contribution in [0, 0.1) is 0 Å². The lowest BCUT2D eigenvalue weighted by molar-refractivity contribution is 0.135. The van der Waals surface area contributed by atoms with E-state index in [0.29, 0.717) is 36.3 Å². The number of benzene rings is 2. The number of ether oxygens (including phenoxy) is 1. The Labute approximate surface area is 225 Å². The van der Waals surface area contributed by atoms with Gasteiger partial charge < -0.3 is 9.15 Å². The molecule has 4 heterocycles. The molecular formula is C25H22BrN3O6S2. The lowest BCUT2D eigenvalue weighted by Gasteiger charge is -2.39. The van der Waals surface area contributed by atoms with Crippen LogP contribution < -0.4 is 10.7 Å². The first-order valence-electron chi connectivity index (χ1n) is 11.4. The van der Waals surface area contributed by atoms with E-state index < -0.39 is 15.8 Å². The zero-order valence-corrected chi connectivity index (χ0v) is 22.7. The van der Waals surface area contributed by atoms with Gasteiger partial charge in [-0.2, -0.15) is 20.6 Å². The maximum Gasteiger partial charge on any atom is 0.439 e. The van der Waals surface area contributed by atoms with E-state index in [4.69, 9.17) is 4.74 Å². The average molecular weight is 605 g/mol. The van der Waals surface area contributed by atoms with E-state index in [2.05, 4.69) is 25.3 Å². The zero-order valence-electron chi connectivity index (χ0n) is 19.4. The van der Waals surface area contributed by atoms with E-state index in [1.54, 1.807) is 27.8 Å². The first-order valence-corrected chi connectivity index (χ1v) is 14.6. The third-order valence-electron chi connectivity index (χ3n) is 6.21. The highest BCUT2D eigenvalue weighted by atomic mass is 79.9. The molecule has 1 amide bonds. The Bertz CT molecular complexity index is 1580. The molecular weight excluding hydrogens is 582 g/mol. The van der Waals surface area contributed by atoms with E-state index in [0.717, 1.165) is 21.1 Å². The van der Waals surface area contributed by atoms with Crippen molar-refractivity contribution in [3.8, 4) is 0 Å². The number of thiophene rings is 1. The van der Waals surface area contributed by atoms with Gasteiger partial charge in [0.25, 0.3) is 0 Å². The number of anilines is 1. The summed E-state index contributed by atoms with van der Waals surface area (Å²) in [5.74, 6) is -0.552. The fourth-order valence-electron chi connectivity index (χ4n) is 4.37. The summed E-state index contributed by atoms with van der Waals surface area (Å²) in [6.45, 7) is 1.03. The highest BCUT2D eigenvalue weighted by molar-refractivity contribution is 9.10. The number of aromatic nitrogens is 1. The molecule has 0 radical (unpaired) electrons. The number of para-hydroxylation sites is 1. The van der Waals surface area contributed by atoms with E-state index >= 15 is 0 Å². The highest BCUT2D eigenvalue weighted by Crippen LogP contribution is 2.34. The maximum atomic E-state index is 12.7. The molecule has 192 valence electrons. The van der Waals surface area contributed by atoms with Crippen LogP contribution in [0.2, 0.25) is 0 Å². The first-order chi connectivity index (χ1) is 17.8. The Balaban J connectivity index is 0.000000212. The molecule has 2 aromatic heterocycles. The van der Waals surface area contributed by atoms with Gasteiger partial charge in [-0.05, 0) is 54.6 Å². The second-order valence-electron chi connectivity index (χ2n) is 8.46. The number of fused-ring (bicyclic) bond motifs is 2. The molecule has 1 fully saturated rings. The molecule has 6 rings (SSSR count). The minimum Gasteiger partial charge on any atom is -0.444 e. The maximum absolute atomic E-state index is 12.7. The van der Waals surface area contributed by atoms with Crippen LogP contribution in [0.4, 0.5) is 10.5 Å². The topological polar surface area (TPSA) is 110 Å². The molecule has 0 aliphatic carbocycles. The molecule has 0 spiro atoms. The molecule has 12 heteroatoms. The molecule has 1 saturated heterocycles. The van der Waals surface area contributed by atoms with Crippen molar-refractivity contribution in [2.45, 2.75) is 30.4 Å². The summed E-state index contributed by atoms with van der Waals surface area (Å²) < 4.78 is 37.6. The molecule has 0 N–H and O–H groups in total. The summed E-state index contributed by atoms with van der Waals surface area (Å²) in [6.07, 6.45) is 2.20. The molecule has 0 unspecified atom stereocenters. The van der Waals surface area contributed by atoms with Crippen LogP contribution in [0.1, 0.15) is 18.4 Å². The number of hydrogen-bond acceptors (Lipinski definition) is 8. The number of piperidine rings is 1. The van der Waals surface area contributed by atoms with Crippen molar-refractivity contribution in [3.63, 3.8) is 0 Å². The van der Waals surface area contributed by atoms with Gasteiger partial charge >= 0.3 is 11.8 Å². The smallest absolute Gasteiger partial charge is 0.439 e. The predicted octanol–water partition coefficient (Wildman–Crippen LogP) is 5.01. The molecule has 2 aromatic carbocycles. The third kappa shape index (κ3) is 5.47. The largest absolute Gasteiger partial charge is 0.444 e. The van der Waals surface area contributed by atoms with E-state index in [9.17, 15) is 18.0 Å². The van der Waals surface area contributed by atoms with Gasteiger partial charge in [0, 0.05) is 39.9 Å². The SMILES string of the molecule is O=C1OCc2cc(Br)ccc2N1C1CCN(S(=O)(=O)c2ccsc2)CC1.O=c1nc2ccccc2co1. The van der Waals surface area contributed by atoms with Crippen LogP contribution in [0.25, 0.3) is 10.9 Å². The molecule has 0 bridgehead atoms. The number of cyclic esters (lactones) is 1. The van der Waals surface area contributed by atoms with E-state index in [1.807, 2.05) is 36.4 Å². The quantitative estimate of drug-likeness (QED) is 0.324. The normalized spacial score (nSPS) is 16.6. The van der Waals surface area contributed by atoms with Crippen LogP contribution in [-0.4, -0.2) is 42.9 Å². The summed E-state index contributed by atoms with van der Waals surface area (Å²) in [4.78, 5) is 28.6. The van der Waals surface area contributed by atoms with Gasteiger partial charge in [-0.1, -0.05) is 28.1 Å². The zero-order chi connectivity index (χ0) is 26.0. The minimum atomic E-state index is -3.45. The fraction of sp³-hybridized carbons (Fsp3) is 0.240. The number of halogens is 1. The number of rotatable bonds is 3. The first kappa shape index (κ1) is 25.6. The molecule has 2 aliphatic rings. The summed E-state index contributed by atoms with van der Waals surface area (Å²) in [7, 11) is -3.45.